The molecule has 0 spiro atoms. The standard InChI is InChI=1S/C12H27NO3/c1-2-5-12(11-16)10-13(6-3-8-14)7-4-9-15/h12,14-16H,2-11H2,1H3. The SMILES string of the molecule is CCCC(CO)CN(CCCO)CCCO. The maximum atomic E-state index is 9.23. The summed E-state index contributed by atoms with van der Waals surface area (Å²) in [6, 6.07) is 0. The molecule has 98 valence electrons. The van der Waals surface area contributed by atoms with E-state index in [1.807, 2.05) is 0 Å². The first kappa shape index (κ1) is 15.8. The molecular formula is C12H27NO3. The molecule has 0 amide bonds. The zero-order valence-corrected chi connectivity index (χ0v) is 10.4. The van der Waals surface area contributed by atoms with Crippen LogP contribution in [-0.4, -0.2) is 59.7 Å². The van der Waals surface area contributed by atoms with Gasteiger partial charge >= 0.3 is 0 Å². The molecule has 0 saturated heterocycles. The number of nitrogens with zero attached hydrogens (tertiary/aromatic N) is 1. The summed E-state index contributed by atoms with van der Waals surface area (Å²) in [6.45, 7) is 5.30. The van der Waals surface area contributed by atoms with Crippen LogP contribution in [0.1, 0.15) is 32.6 Å². The predicted molar refractivity (Wildman–Crippen MR) is 65.3 cm³/mol. The third-order valence-corrected chi connectivity index (χ3v) is 2.74. The molecule has 0 bridgehead atoms. The highest BCUT2D eigenvalue weighted by atomic mass is 16.3. The number of hydrogen-bond acceptors (Lipinski definition) is 4. The van der Waals surface area contributed by atoms with Gasteiger partial charge in [0, 0.05) is 39.5 Å². The van der Waals surface area contributed by atoms with Gasteiger partial charge in [-0.25, -0.2) is 0 Å². The van der Waals surface area contributed by atoms with E-state index in [4.69, 9.17) is 10.2 Å². The maximum absolute atomic E-state index is 9.23. The molecule has 0 saturated carbocycles. The Balaban J connectivity index is 3.94. The molecule has 0 aromatic heterocycles. The van der Waals surface area contributed by atoms with Crippen molar-refractivity contribution in [2.45, 2.75) is 32.6 Å². The van der Waals surface area contributed by atoms with Crippen LogP contribution in [0.5, 0.6) is 0 Å². The van der Waals surface area contributed by atoms with Crippen molar-refractivity contribution in [1.82, 2.24) is 4.90 Å². The Morgan fingerprint density at radius 1 is 1.00 bits per heavy atom. The van der Waals surface area contributed by atoms with E-state index >= 15 is 0 Å². The van der Waals surface area contributed by atoms with Gasteiger partial charge in [0.2, 0.25) is 0 Å². The van der Waals surface area contributed by atoms with E-state index in [9.17, 15) is 5.11 Å². The molecule has 1 atom stereocenters. The quantitative estimate of drug-likeness (QED) is 0.485. The molecule has 0 fully saturated rings. The lowest BCUT2D eigenvalue weighted by Gasteiger charge is -2.26. The van der Waals surface area contributed by atoms with E-state index in [2.05, 4.69) is 11.8 Å². The third-order valence-electron chi connectivity index (χ3n) is 2.74. The van der Waals surface area contributed by atoms with Gasteiger partial charge in [0.15, 0.2) is 0 Å². The molecule has 3 N–H and O–H groups in total. The molecular weight excluding hydrogens is 206 g/mol. The molecule has 4 heteroatoms. The first-order valence-electron chi connectivity index (χ1n) is 6.33. The lowest BCUT2D eigenvalue weighted by molar-refractivity contribution is 0.140. The highest BCUT2D eigenvalue weighted by Crippen LogP contribution is 2.09. The molecule has 0 radical (unpaired) electrons. The largest absolute Gasteiger partial charge is 0.396 e. The van der Waals surface area contributed by atoms with Gasteiger partial charge in [0.1, 0.15) is 0 Å². The smallest absolute Gasteiger partial charge is 0.0471 e. The fourth-order valence-corrected chi connectivity index (χ4v) is 1.90. The van der Waals surface area contributed by atoms with E-state index in [1.54, 1.807) is 0 Å². The molecule has 0 aliphatic carbocycles. The Morgan fingerprint density at radius 3 is 1.94 bits per heavy atom. The summed E-state index contributed by atoms with van der Waals surface area (Å²) in [5, 5.41) is 26.9. The van der Waals surface area contributed by atoms with Crippen molar-refractivity contribution in [3.8, 4) is 0 Å². The molecule has 1 unspecified atom stereocenters. The Labute approximate surface area is 98.9 Å². The van der Waals surface area contributed by atoms with Crippen molar-refractivity contribution in [3.63, 3.8) is 0 Å². The average Bonchev–Trinajstić information content (AvgIpc) is 2.31. The van der Waals surface area contributed by atoms with Crippen LogP contribution >= 0.6 is 0 Å². The minimum Gasteiger partial charge on any atom is -0.396 e. The highest BCUT2D eigenvalue weighted by Gasteiger charge is 2.12. The maximum Gasteiger partial charge on any atom is 0.0471 e. The van der Waals surface area contributed by atoms with Crippen molar-refractivity contribution >= 4 is 0 Å². The van der Waals surface area contributed by atoms with Crippen molar-refractivity contribution in [3.05, 3.63) is 0 Å². The van der Waals surface area contributed by atoms with E-state index < -0.39 is 0 Å². The van der Waals surface area contributed by atoms with Crippen LogP contribution in [0, 0.1) is 5.92 Å². The zero-order chi connectivity index (χ0) is 12.2. The predicted octanol–water partition coefficient (Wildman–Crippen LogP) is 0.462. The summed E-state index contributed by atoms with van der Waals surface area (Å²) in [4.78, 5) is 2.23. The van der Waals surface area contributed by atoms with Crippen molar-refractivity contribution in [2.24, 2.45) is 5.92 Å². The molecule has 16 heavy (non-hydrogen) atoms. The molecule has 0 aromatic carbocycles. The second kappa shape index (κ2) is 11.3. The first-order valence-corrected chi connectivity index (χ1v) is 6.33. The van der Waals surface area contributed by atoms with Gasteiger partial charge < -0.3 is 20.2 Å². The summed E-state index contributed by atoms with van der Waals surface area (Å²) in [6.07, 6.45) is 3.63. The van der Waals surface area contributed by atoms with Crippen LogP contribution in [0.2, 0.25) is 0 Å². The van der Waals surface area contributed by atoms with Crippen LogP contribution in [0.4, 0.5) is 0 Å². The molecule has 0 aliphatic heterocycles. The van der Waals surface area contributed by atoms with Crippen LogP contribution < -0.4 is 0 Å². The fourth-order valence-electron chi connectivity index (χ4n) is 1.90. The number of aliphatic hydroxyl groups excluding tert-OH is 3. The summed E-state index contributed by atoms with van der Waals surface area (Å²) in [7, 11) is 0. The second-order valence-corrected chi connectivity index (χ2v) is 4.29. The zero-order valence-electron chi connectivity index (χ0n) is 10.4. The Morgan fingerprint density at radius 2 is 1.56 bits per heavy atom. The summed E-state index contributed by atoms with van der Waals surface area (Å²) >= 11 is 0. The lowest BCUT2D eigenvalue weighted by atomic mass is 10.0. The molecule has 0 rings (SSSR count). The Hall–Kier alpha value is -0.160. The number of aliphatic hydroxyl groups is 3. The Kier molecular flexibility index (Phi) is 11.2. The van der Waals surface area contributed by atoms with Gasteiger partial charge in [-0.2, -0.15) is 0 Å². The lowest BCUT2D eigenvalue weighted by Crippen LogP contribution is -2.33. The summed E-state index contributed by atoms with van der Waals surface area (Å²) in [5.41, 5.74) is 0. The van der Waals surface area contributed by atoms with Crippen molar-refractivity contribution < 1.29 is 15.3 Å². The highest BCUT2D eigenvalue weighted by molar-refractivity contribution is 4.65. The average molecular weight is 233 g/mol. The number of hydrogen-bond donors (Lipinski definition) is 3. The topological polar surface area (TPSA) is 63.9 Å². The normalized spacial score (nSPS) is 13.3. The molecule has 0 aromatic rings. The van der Waals surface area contributed by atoms with Gasteiger partial charge in [0.25, 0.3) is 0 Å². The van der Waals surface area contributed by atoms with Gasteiger partial charge in [-0.05, 0) is 25.2 Å². The van der Waals surface area contributed by atoms with Crippen molar-refractivity contribution in [1.29, 1.82) is 0 Å². The third kappa shape index (κ3) is 8.05. The van der Waals surface area contributed by atoms with Crippen LogP contribution in [0.25, 0.3) is 0 Å². The van der Waals surface area contributed by atoms with E-state index in [0.29, 0.717) is 5.92 Å². The van der Waals surface area contributed by atoms with Gasteiger partial charge in [-0.15, -0.1) is 0 Å². The minimum absolute atomic E-state index is 0.202. The molecule has 4 nitrogen and oxygen atoms in total. The van der Waals surface area contributed by atoms with Gasteiger partial charge in [0.05, 0.1) is 0 Å². The number of rotatable bonds is 11. The first-order chi connectivity index (χ1) is 7.78. The minimum atomic E-state index is 0.202. The second-order valence-electron chi connectivity index (χ2n) is 4.29. The van der Waals surface area contributed by atoms with Gasteiger partial charge in [-0.3, -0.25) is 0 Å². The van der Waals surface area contributed by atoms with E-state index in [-0.39, 0.29) is 19.8 Å². The molecule has 0 heterocycles. The van der Waals surface area contributed by atoms with Crippen LogP contribution in [0.15, 0.2) is 0 Å². The van der Waals surface area contributed by atoms with Crippen molar-refractivity contribution in [2.75, 3.05) is 39.5 Å². The van der Waals surface area contributed by atoms with Crippen LogP contribution in [0.3, 0.4) is 0 Å². The van der Waals surface area contributed by atoms with Crippen LogP contribution in [-0.2, 0) is 0 Å². The summed E-state index contributed by atoms with van der Waals surface area (Å²) < 4.78 is 0. The van der Waals surface area contributed by atoms with E-state index in [1.165, 1.54) is 0 Å². The fraction of sp³-hybridized carbons (Fsp3) is 1.00. The summed E-state index contributed by atoms with van der Waals surface area (Å²) in [5.74, 6) is 0.322. The molecule has 0 aliphatic rings. The van der Waals surface area contributed by atoms with E-state index in [0.717, 1.165) is 45.3 Å². The monoisotopic (exact) mass is 233 g/mol. The Bertz CT molecular complexity index is 136. The van der Waals surface area contributed by atoms with Gasteiger partial charge in [-0.1, -0.05) is 13.3 Å².